The van der Waals surface area contributed by atoms with Gasteiger partial charge in [0.2, 0.25) is 0 Å². The maximum atomic E-state index is 13.1. The van der Waals surface area contributed by atoms with E-state index >= 15 is 0 Å². The predicted octanol–water partition coefficient (Wildman–Crippen LogP) is 7.18. The van der Waals surface area contributed by atoms with Crippen molar-refractivity contribution < 1.29 is 9.53 Å². The Hall–Kier alpha value is -1.23. The Kier molecular flexibility index (Phi) is 5.57. The van der Waals surface area contributed by atoms with Crippen molar-refractivity contribution in [3.63, 3.8) is 0 Å². The molecule has 0 spiro atoms. The summed E-state index contributed by atoms with van der Waals surface area (Å²) in [5.74, 6) is 0. The number of nitrogens with zero attached hydrogens (tertiary/aromatic N) is 1. The summed E-state index contributed by atoms with van der Waals surface area (Å²) in [6, 6.07) is 11.1. The van der Waals surface area contributed by atoms with E-state index in [0.29, 0.717) is 10.0 Å². The van der Waals surface area contributed by atoms with E-state index in [1.54, 1.807) is 11.0 Å². The number of carbonyl (C=O) groups excluding carboxylic acids is 1. The highest BCUT2D eigenvalue weighted by Gasteiger charge is 2.37. The highest BCUT2D eigenvalue weighted by atomic mass is 79.9. The van der Waals surface area contributed by atoms with Crippen LogP contribution in [0.5, 0.6) is 0 Å². The van der Waals surface area contributed by atoms with Gasteiger partial charge in [0, 0.05) is 14.5 Å². The second-order valence-corrected chi connectivity index (χ2v) is 9.02. The van der Waals surface area contributed by atoms with E-state index in [9.17, 15) is 4.79 Å². The summed E-state index contributed by atoms with van der Waals surface area (Å²) in [5.41, 5.74) is 2.12. The highest BCUT2D eigenvalue weighted by Crippen LogP contribution is 2.45. The number of hydrogen-bond acceptors (Lipinski definition) is 2. The van der Waals surface area contributed by atoms with Crippen molar-refractivity contribution in [3.05, 3.63) is 62.0 Å². The molecule has 1 unspecified atom stereocenters. The number of fused-ring (bicyclic) bond motifs is 1. The van der Waals surface area contributed by atoms with Crippen molar-refractivity contribution in [2.45, 2.75) is 45.3 Å². The number of benzene rings is 2. The maximum absolute atomic E-state index is 13.1. The third-order valence-corrected chi connectivity index (χ3v) is 5.37. The first-order valence-corrected chi connectivity index (χ1v) is 9.97. The molecule has 0 aromatic heterocycles. The first-order chi connectivity index (χ1) is 12.2. The Bertz CT molecular complexity index is 848. The van der Waals surface area contributed by atoms with Gasteiger partial charge in [-0.05, 0) is 78.9 Å². The first-order valence-electron chi connectivity index (χ1n) is 8.42. The molecular weight excluding hydrogens is 437 g/mol. The van der Waals surface area contributed by atoms with Gasteiger partial charge in [-0.1, -0.05) is 41.4 Å². The van der Waals surface area contributed by atoms with Crippen molar-refractivity contribution in [2.75, 3.05) is 4.90 Å². The van der Waals surface area contributed by atoms with E-state index in [1.165, 1.54) is 0 Å². The van der Waals surface area contributed by atoms with Crippen LogP contribution in [0.1, 0.15) is 44.4 Å². The van der Waals surface area contributed by atoms with Crippen LogP contribution in [0.2, 0.25) is 10.0 Å². The molecule has 138 valence electrons. The van der Waals surface area contributed by atoms with Gasteiger partial charge >= 0.3 is 6.09 Å². The molecule has 6 heteroatoms. The van der Waals surface area contributed by atoms with Gasteiger partial charge in [-0.2, -0.15) is 0 Å². The molecule has 1 aliphatic heterocycles. The Morgan fingerprint density at radius 3 is 2.58 bits per heavy atom. The fourth-order valence-corrected chi connectivity index (χ4v) is 4.55. The fraction of sp³-hybridized carbons (Fsp3) is 0.350. The summed E-state index contributed by atoms with van der Waals surface area (Å²) in [4.78, 5) is 14.8. The third-order valence-electron chi connectivity index (χ3n) is 4.20. The van der Waals surface area contributed by atoms with E-state index in [4.69, 9.17) is 27.9 Å². The summed E-state index contributed by atoms with van der Waals surface area (Å²) in [7, 11) is 0. The summed E-state index contributed by atoms with van der Waals surface area (Å²) in [5, 5.41) is 1.27. The molecule has 0 saturated carbocycles. The number of hydrogen-bond donors (Lipinski definition) is 0. The topological polar surface area (TPSA) is 29.5 Å². The van der Waals surface area contributed by atoms with Gasteiger partial charge in [-0.15, -0.1) is 0 Å². The molecule has 0 N–H and O–H groups in total. The van der Waals surface area contributed by atoms with E-state index in [0.717, 1.165) is 34.1 Å². The van der Waals surface area contributed by atoms with E-state index < -0.39 is 11.7 Å². The van der Waals surface area contributed by atoms with Gasteiger partial charge in [0.25, 0.3) is 0 Å². The molecule has 0 radical (unpaired) electrons. The van der Waals surface area contributed by atoms with E-state index in [2.05, 4.69) is 15.9 Å². The van der Waals surface area contributed by atoms with Crippen LogP contribution >= 0.6 is 39.1 Å². The molecule has 2 aromatic rings. The van der Waals surface area contributed by atoms with Gasteiger partial charge < -0.3 is 4.74 Å². The van der Waals surface area contributed by atoms with Crippen molar-refractivity contribution in [3.8, 4) is 0 Å². The predicted molar refractivity (Wildman–Crippen MR) is 110 cm³/mol. The number of amides is 1. The number of anilines is 1. The minimum absolute atomic E-state index is 0.205. The molecule has 3 nitrogen and oxygen atoms in total. The molecule has 1 amide bonds. The SMILES string of the molecule is CC(C)(C)OC(=O)N1c2c(Br)cc(Cl)cc2CCC1c1ccccc1Cl. The fourth-order valence-electron chi connectivity index (χ4n) is 3.23. The molecule has 0 aliphatic carbocycles. The lowest BCUT2D eigenvalue weighted by Crippen LogP contribution is -2.42. The van der Waals surface area contributed by atoms with Crippen molar-refractivity contribution >= 4 is 50.9 Å². The maximum Gasteiger partial charge on any atom is 0.415 e. The van der Waals surface area contributed by atoms with E-state index in [-0.39, 0.29) is 6.04 Å². The molecule has 26 heavy (non-hydrogen) atoms. The highest BCUT2D eigenvalue weighted by molar-refractivity contribution is 9.10. The van der Waals surface area contributed by atoms with Crippen LogP contribution in [0.4, 0.5) is 10.5 Å². The van der Waals surface area contributed by atoms with Crippen LogP contribution in [-0.4, -0.2) is 11.7 Å². The molecule has 2 aromatic carbocycles. The Labute approximate surface area is 172 Å². The van der Waals surface area contributed by atoms with Crippen LogP contribution < -0.4 is 4.90 Å². The lowest BCUT2D eigenvalue weighted by Gasteiger charge is -2.39. The lowest BCUT2D eigenvalue weighted by molar-refractivity contribution is 0.0559. The standard InChI is InChI=1S/C20H20BrCl2NO2/c1-20(2,3)26-19(25)24-17(14-6-4-5-7-16(14)23)9-8-12-10-13(22)11-15(21)18(12)24/h4-7,10-11,17H,8-9H2,1-3H3. The Morgan fingerprint density at radius 1 is 1.23 bits per heavy atom. The lowest BCUT2D eigenvalue weighted by atomic mass is 9.91. The molecule has 3 rings (SSSR count). The minimum Gasteiger partial charge on any atom is -0.443 e. The monoisotopic (exact) mass is 455 g/mol. The van der Waals surface area contributed by atoms with Crippen LogP contribution in [0.15, 0.2) is 40.9 Å². The number of rotatable bonds is 1. The number of halogens is 3. The van der Waals surface area contributed by atoms with E-state index in [1.807, 2.05) is 51.1 Å². The van der Waals surface area contributed by atoms with Crippen LogP contribution in [0.3, 0.4) is 0 Å². The molecule has 1 atom stereocenters. The van der Waals surface area contributed by atoms with Gasteiger partial charge in [-0.25, -0.2) is 4.79 Å². The van der Waals surface area contributed by atoms with Gasteiger partial charge in [-0.3, -0.25) is 4.90 Å². The summed E-state index contributed by atoms with van der Waals surface area (Å²) in [6.07, 6.45) is 1.14. The van der Waals surface area contributed by atoms with Crippen molar-refractivity contribution in [1.82, 2.24) is 0 Å². The number of carbonyl (C=O) groups is 1. The average molecular weight is 457 g/mol. The second kappa shape index (κ2) is 7.41. The third kappa shape index (κ3) is 4.03. The zero-order valence-electron chi connectivity index (χ0n) is 14.9. The minimum atomic E-state index is -0.599. The molecule has 0 fully saturated rings. The summed E-state index contributed by atoms with van der Waals surface area (Å²) in [6.45, 7) is 5.57. The number of ether oxygens (including phenoxy) is 1. The molecule has 0 bridgehead atoms. The first kappa shape index (κ1) is 19.5. The zero-order valence-corrected chi connectivity index (χ0v) is 18.0. The largest absolute Gasteiger partial charge is 0.443 e. The van der Waals surface area contributed by atoms with Crippen LogP contribution in [0, 0.1) is 0 Å². The van der Waals surface area contributed by atoms with Gasteiger partial charge in [0.15, 0.2) is 0 Å². The second-order valence-electron chi connectivity index (χ2n) is 7.32. The Morgan fingerprint density at radius 2 is 1.92 bits per heavy atom. The summed E-state index contributed by atoms with van der Waals surface area (Å²) < 4.78 is 6.47. The molecule has 0 saturated heterocycles. The van der Waals surface area contributed by atoms with Crippen LogP contribution in [0.25, 0.3) is 0 Å². The molecular formula is C20H20BrCl2NO2. The van der Waals surface area contributed by atoms with Gasteiger partial charge in [0.05, 0.1) is 11.7 Å². The zero-order chi connectivity index (χ0) is 19.1. The quantitative estimate of drug-likeness (QED) is 0.454. The number of aryl methyl sites for hydroxylation is 1. The van der Waals surface area contributed by atoms with Gasteiger partial charge in [0.1, 0.15) is 5.60 Å². The van der Waals surface area contributed by atoms with Crippen molar-refractivity contribution in [1.29, 1.82) is 0 Å². The van der Waals surface area contributed by atoms with Crippen LogP contribution in [-0.2, 0) is 11.2 Å². The normalized spacial score (nSPS) is 17.0. The Balaban J connectivity index is 2.13. The van der Waals surface area contributed by atoms with Crippen molar-refractivity contribution in [2.24, 2.45) is 0 Å². The smallest absolute Gasteiger partial charge is 0.415 e. The average Bonchev–Trinajstić information content (AvgIpc) is 2.52. The molecule has 1 heterocycles. The summed E-state index contributed by atoms with van der Waals surface area (Å²) >= 11 is 16.2. The molecule has 1 aliphatic rings.